The molecule has 2 nitrogen and oxygen atoms in total. The number of rotatable bonds is 4. The number of pyridine rings is 1. The van der Waals surface area contributed by atoms with Crippen LogP contribution in [0.25, 0.3) is 0 Å². The number of halogens is 1. The Balaban J connectivity index is 2.29. The summed E-state index contributed by atoms with van der Waals surface area (Å²) in [6, 6.07) is 22.8. The van der Waals surface area contributed by atoms with Crippen LogP contribution < -0.4 is 5.54 Å². The lowest BCUT2D eigenvalue weighted by atomic mass is 9.78. The third kappa shape index (κ3) is 2.32. The molecule has 0 amide bonds. The van der Waals surface area contributed by atoms with E-state index in [-0.39, 0.29) is 0 Å². The third-order valence-corrected chi connectivity index (χ3v) is 3.67. The normalized spacial score (nSPS) is 11.3. The Labute approximate surface area is 123 Å². The van der Waals surface area contributed by atoms with E-state index >= 15 is 0 Å². The van der Waals surface area contributed by atoms with Gasteiger partial charge in [-0.1, -0.05) is 60.7 Å². The Bertz CT molecular complexity index is 588. The molecule has 1 N–H and O–H groups in total. The van der Waals surface area contributed by atoms with Gasteiger partial charge in [-0.3, -0.25) is 4.98 Å². The molecule has 0 bridgehead atoms. The highest BCUT2D eigenvalue weighted by atomic mass is 19.2. The number of hydrogen-bond donors (Lipinski definition) is 1. The minimum Gasteiger partial charge on any atom is -0.265 e. The fourth-order valence-electron chi connectivity index (χ4n) is 2.64. The molecule has 0 saturated carbocycles. The Morgan fingerprint density at radius 3 is 1.52 bits per heavy atom. The lowest BCUT2D eigenvalue weighted by molar-refractivity contribution is 0.238. The van der Waals surface area contributed by atoms with Gasteiger partial charge in [0.2, 0.25) is 0 Å². The van der Waals surface area contributed by atoms with E-state index in [1.807, 2.05) is 78.3 Å². The minimum absolute atomic E-state index is 0.803. The predicted octanol–water partition coefficient (Wildman–Crippen LogP) is 3.85. The molecule has 21 heavy (non-hydrogen) atoms. The fourth-order valence-corrected chi connectivity index (χ4v) is 2.64. The highest BCUT2D eigenvalue weighted by Gasteiger charge is 2.36. The van der Waals surface area contributed by atoms with Crippen LogP contribution in [0.3, 0.4) is 0 Å². The van der Waals surface area contributed by atoms with Gasteiger partial charge in [0.1, 0.15) is 5.54 Å². The molecule has 0 atom stereocenters. The zero-order valence-electron chi connectivity index (χ0n) is 11.4. The van der Waals surface area contributed by atoms with E-state index in [0.717, 1.165) is 16.7 Å². The van der Waals surface area contributed by atoms with Gasteiger partial charge in [-0.15, -0.1) is 10.0 Å². The first kappa shape index (κ1) is 13.5. The van der Waals surface area contributed by atoms with Gasteiger partial charge in [0, 0.05) is 12.4 Å². The maximum atomic E-state index is 14.1. The molecular formula is C18H15FN2. The summed E-state index contributed by atoms with van der Waals surface area (Å²) in [5.74, 6) is 0. The van der Waals surface area contributed by atoms with Gasteiger partial charge >= 0.3 is 0 Å². The summed E-state index contributed by atoms with van der Waals surface area (Å²) >= 11 is 0. The van der Waals surface area contributed by atoms with E-state index in [9.17, 15) is 4.48 Å². The van der Waals surface area contributed by atoms with Gasteiger partial charge < -0.3 is 0 Å². The molecule has 3 rings (SSSR count). The summed E-state index contributed by atoms with van der Waals surface area (Å²) in [5.41, 5.74) is 3.48. The molecule has 0 fully saturated rings. The zero-order valence-corrected chi connectivity index (χ0v) is 11.4. The van der Waals surface area contributed by atoms with Gasteiger partial charge in [0.15, 0.2) is 0 Å². The molecule has 1 aromatic heterocycles. The van der Waals surface area contributed by atoms with Gasteiger partial charge in [0.05, 0.1) is 0 Å². The van der Waals surface area contributed by atoms with Crippen molar-refractivity contribution in [1.82, 2.24) is 10.5 Å². The average molecular weight is 278 g/mol. The smallest absolute Gasteiger partial charge is 0.123 e. The number of nitrogens with zero attached hydrogens (tertiary/aromatic N) is 1. The van der Waals surface area contributed by atoms with Gasteiger partial charge in [0.25, 0.3) is 0 Å². The molecule has 1 heterocycles. The standard InChI is InChI=1S/C18H15FN2/c19-21-18(15-7-3-1-4-8-15,16-9-5-2-6-10-16)17-11-13-20-14-12-17/h1-14,21H. The van der Waals surface area contributed by atoms with Crippen LogP contribution >= 0.6 is 0 Å². The van der Waals surface area contributed by atoms with Crippen LogP contribution in [0, 0.1) is 0 Å². The summed E-state index contributed by atoms with van der Waals surface area (Å²) < 4.78 is 14.1. The topological polar surface area (TPSA) is 24.9 Å². The van der Waals surface area contributed by atoms with Crippen molar-refractivity contribution in [2.24, 2.45) is 0 Å². The van der Waals surface area contributed by atoms with Crippen molar-refractivity contribution in [3.05, 3.63) is 102 Å². The molecule has 0 spiro atoms. The largest absolute Gasteiger partial charge is 0.265 e. The Kier molecular flexibility index (Phi) is 3.75. The highest BCUT2D eigenvalue weighted by Crippen LogP contribution is 2.36. The van der Waals surface area contributed by atoms with Gasteiger partial charge in [-0.2, -0.15) is 0 Å². The summed E-state index contributed by atoms with van der Waals surface area (Å²) in [6.45, 7) is 0. The molecular weight excluding hydrogens is 263 g/mol. The van der Waals surface area contributed by atoms with E-state index in [2.05, 4.69) is 4.98 Å². The number of nitrogens with one attached hydrogen (secondary N) is 1. The van der Waals surface area contributed by atoms with Crippen LogP contribution in [0.1, 0.15) is 16.7 Å². The Morgan fingerprint density at radius 1 is 0.667 bits per heavy atom. The second kappa shape index (κ2) is 5.85. The maximum absolute atomic E-state index is 14.1. The van der Waals surface area contributed by atoms with Crippen LogP contribution in [0.2, 0.25) is 0 Å². The van der Waals surface area contributed by atoms with Crippen molar-refractivity contribution in [3.63, 3.8) is 0 Å². The van der Waals surface area contributed by atoms with Crippen LogP contribution in [-0.4, -0.2) is 4.98 Å². The van der Waals surface area contributed by atoms with Crippen LogP contribution in [0.5, 0.6) is 0 Å². The molecule has 0 radical (unpaired) electrons. The van der Waals surface area contributed by atoms with E-state index in [4.69, 9.17) is 0 Å². The molecule has 0 saturated heterocycles. The molecule has 3 heteroatoms. The van der Waals surface area contributed by atoms with Crippen LogP contribution in [0.4, 0.5) is 4.48 Å². The maximum Gasteiger partial charge on any atom is 0.123 e. The Morgan fingerprint density at radius 2 is 1.10 bits per heavy atom. The summed E-state index contributed by atoms with van der Waals surface area (Å²) in [7, 11) is 0. The molecule has 0 aliphatic heterocycles. The SMILES string of the molecule is FNC(c1ccccc1)(c1ccccc1)c1ccncc1. The highest BCUT2D eigenvalue weighted by molar-refractivity contribution is 5.48. The third-order valence-electron chi connectivity index (χ3n) is 3.67. The quantitative estimate of drug-likeness (QED) is 0.733. The minimum atomic E-state index is -1.04. The molecule has 0 unspecified atom stereocenters. The van der Waals surface area contributed by atoms with Gasteiger partial charge in [-0.25, -0.2) is 0 Å². The van der Waals surface area contributed by atoms with Crippen LogP contribution in [-0.2, 0) is 5.54 Å². The lowest BCUT2D eigenvalue weighted by Gasteiger charge is -2.33. The van der Waals surface area contributed by atoms with Gasteiger partial charge in [-0.05, 0) is 28.8 Å². The van der Waals surface area contributed by atoms with Crippen molar-refractivity contribution < 1.29 is 4.48 Å². The monoisotopic (exact) mass is 278 g/mol. The summed E-state index contributed by atoms with van der Waals surface area (Å²) in [5, 5.41) is 0. The zero-order chi connectivity index (χ0) is 14.5. The predicted molar refractivity (Wildman–Crippen MR) is 81.2 cm³/mol. The fraction of sp³-hybridized carbons (Fsp3) is 0.0556. The van der Waals surface area contributed by atoms with Crippen LogP contribution in [0.15, 0.2) is 85.2 Å². The number of aromatic nitrogens is 1. The second-order valence-electron chi connectivity index (χ2n) is 4.81. The summed E-state index contributed by atoms with van der Waals surface area (Å²) in [4.78, 5) is 4.03. The Hall–Kier alpha value is -2.52. The molecule has 0 aliphatic rings. The van der Waals surface area contributed by atoms with Crippen molar-refractivity contribution in [3.8, 4) is 0 Å². The lowest BCUT2D eigenvalue weighted by Crippen LogP contribution is -2.40. The van der Waals surface area contributed by atoms with Crippen molar-refractivity contribution >= 4 is 0 Å². The molecule has 0 aliphatic carbocycles. The van der Waals surface area contributed by atoms with Crippen molar-refractivity contribution in [2.45, 2.75) is 5.54 Å². The van der Waals surface area contributed by atoms with Crippen molar-refractivity contribution in [1.29, 1.82) is 0 Å². The first-order valence-electron chi connectivity index (χ1n) is 6.77. The molecule has 2 aromatic carbocycles. The van der Waals surface area contributed by atoms with E-state index in [1.165, 1.54) is 0 Å². The molecule has 104 valence electrons. The first-order valence-corrected chi connectivity index (χ1v) is 6.77. The van der Waals surface area contributed by atoms with Crippen molar-refractivity contribution in [2.75, 3.05) is 0 Å². The van der Waals surface area contributed by atoms with E-state index in [1.54, 1.807) is 12.4 Å². The van der Waals surface area contributed by atoms with E-state index in [0.29, 0.717) is 0 Å². The number of benzene rings is 2. The summed E-state index contributed by atoms with van der Waals surface area (Å²) in [6.07, 6.45) is 3.35. The second-order valence-corrected chi connectivity index (χ2v) is 4.81. The molecule has 3 aromatic rings. The first-order chi connectivity index (χ1) is 10.4. The average Bonchev–Trinajstić information content (AvgIpc) is 2.59. The number of hydrogen-bond acceptors (Lipinski definition) is 2. The van der Waals surface area contributed by atoms with E-state index < -0.39 is 5.54 Å².